The molecule has 0 aliphatic heterocycles. The lowest BCUT2D eigenvalue weighted by Crippen LogP contribution is -2.02. The van der Waals surface area contributed by atoms with E-state index in [4.69, 9.17) is 0 Å². The van der Waals surface area contributed by atoms with Crippen LogP contribution in [0.3, 0.4) is 0 Å². The van der Waals surface area contributed by atoms with Crippen molar-refractivity contribution < 1.29 is 10.2 Å². The van der Waals surface area contributed by atoms with Gasteiger partial charge in [0.05, 0.1) is 0 Å². The highest BCUT2D eigenvalue weighted by atomic mass is 32.2. The van der Waals surface area contributed by atoms with Crippen LogP contribution >= 0.6 is 11.8 Å². The van der Waals surface area contributed by atoms with Gasteiger partial charge in [-0.15, -0.1) is 0 Å². The molecule has 1 heterocycles. The van der Waals surface area contributed by atoms with Crippen molar-refractivity contribution in [2.24, 2.45) is 0 Å². The van der Waals surface area contributed by atoms with Crippen molar-refractivity contribution in [3.63, 3.8) is 0 Å². The van der Waals surface area contributed by atoms with E-state index in [1.807, 2.05) is 0 Å². The fourth-order valence-electron chi connectivity index (χ4n) is 4.09. The number of aromatic nitrogens is 1. The Morgan fingerprint density at radius 3 is 1.77 bits per heavy atom. The molecular weight excluding hydrogens is 390 g/mol. The predicted molar refractivity (Wildman–Crippen MR) is 134 cm³/mol. The van der Waals surface area contributed by atoms with Crippen molar-refractivity contribution >= 4 is 11.8 Å². The van der Waals surface area contributed by atoms with Crippen LogP contribution in [0.5, 0.6) is 11.8 Å². The summed E-state index contributed by atoms with van der Waals surface area (Å²) in [4.78, 5) is 0. The molecule has 0 saturated carbocycles. The molecule has 3 nitrogen and oxygen atoms in total. The molecule has 1 rings (SSSR count). The minimum Gasteiger partial charge on any atom is -0.494 e. The molecule has 0 bridgehead atoms. The second kappa shape index (κ2) is 19.0. The summed E-state index contributed by atoms with van der Waals surface area (Å²) in [6.45, 7) is 5.36. The van der Waals surface area contributed by atoms with Gasteiger partial charge in [-0.25, -0.2) is 0 Å². The highest BCUT2D eigenvalue weighted by molar-refractivity contribution is 7.99. The Labute approximate surface area is 191 Å². The van der Waals surface area contributed by atoms with Crippen LogP contribution in [0.25, 0.3) is 0 Å². The molecule has 2 N–H and O–H groups in total. The molecule has 1 aromatic heterocycles. The lowest BCUT2D eigenvalue weighted by Gasteiger charge is -2.14. The fraction of sp³-hybridized carbons (Fsp3) is 0.846. The second-order valence-corrected chi connectivity index (χ2v) is 10.2. The van der Waals surface area contributed by atoms with Crippen molar-refractivity contribution in [2.75, 3.05) is 5.75 Å². The molecule has 0 saturated heterocycles. The van der Waals surface area contributed by atoms with Crippen LogP contribution in [0.1, 0.15) is 123 Å². The highest BCUT2D eigenvalue weighted by Gasteiger charge is 2.07. The average molecular weight is 440 g/mol. The Kier molecular flexibility index (Phi) is 17.2. The van der Waals surface area contributed by atoms with Gasteiger partial charge >= 0.3 is 0 Å². The number of aromatic hydroxyl groups is 2. The molecule has 4 heteroatoms. The monoisotopic (exact) mass is 439 g/mol. The summed E-state index contributed by atoms with van der Waals surface area (Å²) in [5.41, 5.74) is 0. The van der Waals surface area contributed by atoms with Crippen LogP contribution in [-0.2, 0) is 6.54 Å². The van der Waals surface area contributed by atoms with Crippen molar-refractivity contribution in [1.82, 2.24) is 4.57 Å². The standard InChI is InChI=1S/C26H49NO2S/c1-3-5-6-7-10-13-16-19-24(4-2)30-23-18-15-12-9-8-11-14-17-22-27-25(28)20-21-26(27)29/h20-21,24,28-29H,3-19,22-23H2,1-2H3. The zero-order valence-corrected chi connectivity index (χ0v) is 20.7. The molecule has 1 unspecified atom stereocenters. The summed E-state index contributed by atoms with van der Waals surface area (Å²) in [6.07, 6.45) is 22.9. The van der Waals surface area contributed by atoms with Crippen molar-refractivity contribution in [1.29, 1.82) is 0 Å². The normalized spacial score (nSPS) is 12.5. The molecule has 0 aliphatic carbocycles. The number of thioether (sulfide) groups is 1. The van der Waals surface area contributed by atoms with Crippen LogP contribution in [0.15, 0.2) is 12.1 Å². The van der Waals surface area contributed by atoms with Gasteiger partial charge in [-0.3, -0.25) is 4.57 Å². The van der Waals surface area contributed by atoms with Gasteiger partial charge in [-0.05, 0) is 31.4 Å². The van der Waals surface area contributed by atoms with Gasteiger partial charge in [0.25, 0.3) is 0 Å². The predicted octanol–water partition coefficient (Wildman–Crippen LogP) is 8.67. The minimum atomic E-state index is 0.165. The van der Waals surface area contributed by atoms with Crippen molar-refractivity contribution in [3.05, 3.63) is 12.1 Å². The van der Waals surface area contributed by atoms with Gasteiger partial charge in [0.15, 0.2) is 11.8 Å². The molecule has 0 radical (unpaired) electrons. The molecule has 1 atom stereocenters. The molecule has 0 fully saturated rings. The van der Waals surface area contributed by atoms with Crippen molar-refractivity contribution in [3.8, 4) is 11.8 Å². The summed E-state index contributed by atoms with van der Waals surface area (Å²) in [5.74, 6) is 1.68. The fourth-order valence-corrected chi connectivity index (χ4v) is 5.37. The SMILES string of the molecule is CCCCCCCCCC(CC)SCCCCCCCCCCn1c(O)ccc1O. The first kappa shape index (κ1) is 27.3. The largest absolute Gasteiger partial charge is 0.494 e. The maximum absolute atomic E-state index is 9.62. The first-order valence-electron chi connectivity index (χ1n) is 12.9. The van der Waals surface area contributed by atoms with Gasteiger partial charge < -0.3 is 10.2 Å². The van der Waals surface area contributed by atoms with Crippen LogP contribution in [0, 0.1) is 0 Å². The summed E-state index contributed by atoms with van der Waals surface area (Å²) < 4.78 is 1.58. The topological polar surface area (TPSA) is 45.4 Å². The summed E-state index contributed by atoms with van der Waals surface area (Å²) in [7, 11) is 0. The smallest absolute Gasteiger partial charge is 0.193 e. The van der Waals surface area contributed by atoms with Crippen LogP contribution < -0.4 is 0 Å². The number of unbranched alkanes of at least 4 members (excludes halogenated alkanes) is 13. The van der Waals surface area contributed by atoms with Crippen LogP contribution in [0.4, 0.5) is 0 Å². The number of rotatable bonds is 21. The maximum Gasteiger partial charge on any atom is 0.193 e. The summed E-state index contributed by atoms with van der Waals surface area (Å²) in [5, 5.41) is 20.1. The zero-order valence-electron chi connectivity index (χ0n) is 19.9. The van der Waals surface area contributed by atoms with E-state index in [-0.39, 0.29) is 11.8 Å². The first-order valence-corrected chi connectivity index (χ1v) is 13.9. The third-order valence-corrected chi connectivity index (χ3v) is 7.71. The van der Waals surface area contributed by atoms with Gasteiger partial charge in [-0.2, -0.15) is 11.8 Å². The first-order chi connectivity index (χ1) is 14.7. The Hall–Kier alpha value is -0.770. The van der Waals surface area contributed by atoms with E-state index in [9.17, 15) is 10.2 Å². The number of nitrogens with zero attached hydrogens (tertiary/aromatic N) is 1. The minimum absolute atomic E-state index is 0.165. The van der Waals surface area contributed by atoms with E-state index >= 15 is 0 Å². The Morgan fingerprint density at radius 2 is 1.20 bits per heavy atom. The molecule has 30 heavy (non-hydrogen) atoms. The van der Waals surface area contributed by atoms with Crippen LogP contribution in [0.2, 0.25) is 0 Å². The highest BCUT2D eigenvalue weighted by Crippen LogP contribution is 2.24. The maximum atomic E-state index is 9.62. The molecule has 176 valence electrons. The zero-order chi connectivity index (χ0) is 21.9. The Balaban J connectivity index is 1.85. The van der Waals surface area contributed by atoms with E-state index in [1.165, 1.54) is 108 Å². The Bertz CT molecular complexity index is 484. The van der Waals surface area contributed by atoms with E-state index in [0.29, 0.717) is 6.54 Å². The Morgan fingerprint density at radius 1 is 0.700 bits per heavy atom. The molecule has 0 aromatic carbocycles. The lowest BCUT2D eigenvalue weighted by molar-refractivity contribution is 0.361. The van der Waals surface area contributed by atoms with E-state index < -0.39 is 0 Å². The molecule has 0 spiro atoms. The number of hydrogen-bond donors (Lipinski definition) is 2. The average Bonchev–Trinajstić information content (AvgIpc) is 3.07. The third kappa shape index (κ3) is 13.5. The van der Waals surface area contributed by atoms with E-state index in [0.717, 1.165) is 11.7 Å². The molecule has 0 amide bonds. The van der Waals surface area contributed by atoms with Gasteiger partial charge in [0.1, 0.15) is 0 Å². The van der Waals surface area contributed by atoms with Gasteiger partial charge in [-0.1, -0.05) is 97.3 Å². The molecule has 1 aromatic rings. The number of hydrogen-bond acceptors (Lipinski definition) is 3. The van der Waals surface area contributed by atoms with Gasteiger partial charge in [0, 0.05) is 23.9 Å². The summed E-state index contributed by atoms with van der Waals surface area (Å²) in [6, 6.07) is 3.10. The molecule has 0 aliphatic rings. The van der Waals surface area contributed by atoms with Crippen LogP contribution in [-0.4, -0.2) is 25.8 Å². The quantitative estimate of drug-likeness (QED) is 0.188. The van der Waals surface area contributed by atoms with Gasteiger partial charge in [0.2, 0.25) is 0 Å². The molecular formula is C26H49NO2S. The summed E-state index contributed by atoms with van der Waals surface area (Å²) >= 11 is 2.23. The second-order valence-electron chi connectivity index (χ2n) is 8.84. The van der Waals surface area contributed by atoms with Crippen molar-refractivity contribution in [2.45, 2.75) is 135 Å². The van der Waals surface area contributed by atoms with E-state index in [2.05, 4.69) is 25.6 Å². The van der Waals surface area contributed by atoms with E-state index in [1.54, 1.807) is 16.7 Å². The lowest BCUT2D eigenvalue weighted by atomic mass is 10.1. The third-order valence-electron chi connectivity index (χ3n) is 6.15.